The van der Waals surface area contributed by atoms with E-state index < -0.39 is 0 Å². The van der Waals surface area contributed by atoms with E-state index in [1.165, 1.54) is 0 Å². The first-order valence-electron chi connectivity index (χ1n) is 8.20. The van der Waals surface area contributed by atoms with Gasteiger partial charge in [0.15, 0.2) is 0 Å². The Kier molecular flexibility index (Phi) is 3.93. The van der Waals surface area contributed by atoms with Gasteiger partial charge in [-0.1, -0.05) is 41.4 Å². The van der Waals surface area contributed by atoms with E-state index >= 15 is 0 Å². The predicted octanol–water partition coefficient (Wildman–Crippen LogP) is 4.66. The zero-order valence-electron chi connectivity index (χ0n) is 13.1. The van der Waals surface area contributed by atoms with Crippen LogP contribution in [0.2, 0.25) is 10.0 Å². The van der Waals surface area contributed by atoms with Crippen molar-refractivity contribution in [3.63, 3.8) is 0 Å². The number of rotatable bonds is 2. The van der Waals surface area contributed by atoms with Crippen molar-refractivity contribution < 1.29 is 4.79 Å². The molecule has 124 valence electrons. The van der Waals surface area contributed by atoms with Gasteiger partial charge in [0.2, 0.25) is 5.91 Å². The van der Waals surface area contributed by atoms with Crippen LogP contribution in [0.4, 0.5) is 11.4 Å². The first-order chi connectivity index (χ1) is 11.6. The lowest BCUT2D eigenvalue weighted by Crippen LogP contribution is -2.37. The molecular formula is C19H18Cl2N2O. The Morgan fingerprint density at radius 2 is 1.96 bits per heavy atom. The van der Waals surface area contributed by atoms with Gasteiger partial charge in [-0.15, -0.1) is 0 Å². The molecule has 5 heteroatoms. The topological polar surface area (TPSA) is 46.3 Å². The van der Waals surface area contributed by atoms with Gasteiger partial charge in [0.1, 0.15) is 0 Å². The first kappa shape index (κ1) is 15.8. The number of nitrogens with two attached hydrogens (primary N) is 1. The van der Waals surface area contributed by atoms with E-state index in [9.17, 15) is 4.79 Å². The number of hydrogen-bond donors (Lipinski definition) is 1. The van der Waals surface area contributed by atoms with E-state index in [1.807, 2.05) is 35.2 Å². The third-order valence-corrected chi connectivity index (χ3v) is 5.87. The summed E-state index contributed by atoms with van der Waals surface area (Å²) in [6.45, 7) is 0.752. The van der Waals surface area contributed by atoms with Crippen LogP contribution < -0.4 is 10.6 Å². The zero-order valence-corrected chi connectivity index (χ0v) is 14.6. The van der Waals surface area contributed by atoms with Gasteiger partial charge in [0, 0.05) is 23.8 Å². The third-order valence-electron chi connectivity index (χ3n) is 5.04. The summed E-state index contributed by atoms with van der Waals surface area (Å²) in [6.07, 6.45) is 2.70. The van der Waals surface area contributed by atoms with Crippen LogP contribution in [0, 0.1) is 5.92 Å². The fourth-order valence-corrected chi connectivity index (χ4v) is 4.15. The average molecular weight is 361 g/mol. The normalized spacial score (nSPS) is 22.2. The quantitative estimate of drug-likeness (QED) is 0.791. The number of fused-ring (bicyclic) bond motifs is 1. The highest BCUT2D eigenvalue weighted by molar-refractivity contribution is 6.42. The summed E-state index contributed by atoms with van der Waals surface area (Å²) in [5.41, 5.74) is 9.89. The molecule has 3 nitrogen and oxygen atoms in total. The lowest BCUT2D eigenvalue weighted by Gasteiger charge is -2.30. The van der Waals surface area contributed by atoms with E-state index in [0.717, 1.165) is 48.3 Å². The molecule has 1 aliphatic carbocycles. The molecule has 2 aromatic rings. The molecule has 4 rings (SSSR count). The Morgan fingerprint density at radius 3 is 2.79 bits per heavy atom. The van der Waals surface area contributed by atoms with Crippen LogP contribution in [-0.2, 0) is 11.2 Å². The maximum Gasteiger partial charge on any atom is 0.230 e. The van der Waals surface area contributed by atoms with Crippen molar-refractivity contribution in [3.05, 3.63) is 57.6 Å². The number of hydrogen-bond acceptors (Lipinski definition) is 2. The van der Waals surface area contributed by atoms with Gasteiger partial charge in [-0.05, 0) is 54.5 Å². The van der Waals surface area contributed by atoms with Gasteiger partial charge < -0.3 is 10.6 Å². The molecule has 2 atom stereocenters. The molecule has 2 N–H and O–H groups in total. The number of anilines is 2. The van der Waals surface area contributed by atoms with Crippen molar-refractivity contribution >= 4 is 40.5 Å². The molecule has 2 aromatic carbocycles. The second kappa shape index (κ2) is 5.98. The van der Waals surface area contributed by atoms with E-state index in [-0.39, 0.29) is 17.7 Å². The number of nitrogen functional groups attached to an aromatic ring is 1. The minimum atomic E-state index is -0.0200. The minimum Gasteiger partial charge on any atom is -0.398 e. The number of carbonyl (C=O) groups excluding carboxylic acids is 1. The fraction of sp³-hybridized carbons (Fsp3) is 0.316. The van der Waals surface area contributed by atoms with Crippen LogP contribution in [0.15, 0.2) is 36.4 Å². The molecule has 0 saturated heterocycles. The smallest absolute Gasteiger partial charge is 0.230 e. The maximum atomic E-state index is 13.0. The van der Waals surface area contributed by atoms with Crippen LogP contribution in [0.3, 0.4) is 0 Å². The van der Waals surface area contributed by atoms with Gasteiger partial charge in [0.25, 0.3) is 0 Å². The zero-order chi connectivity index (χ0) is 16.8. The Bertz CT molecular complexity index is 821. The largest absolute Gasteiger partial charge is 0.398 e. The fourth-order valence-electron chi connectivity index (χ4n) is 3.70. The summed E-state index contributed by atoms with van der Waals surface area (Å²) in [7, 11) is 0. The SMILES string of the molecule is Nc1cccc2c1CCCN2C(=O)C1CC1c1cccc(Cl)c1Cl. The van der Waals surface area contributed by atoms with Crippen LogP contribution in [0.1, 0.15) is 29.9 Å². The van der Waals surface area contributed by atoms with Crippen molar-refractivity contribution in [1.29, 1.82) is 0 Å². The number of amides is 1. The van der Waals surface area contributed by atoms with Crippen molar-refractivity contribution in [3.8, 4) is 0 Å². The molecule has 2 unspecified atom stereocenters. The lowest BCUT2D eigenvalue weighted by atomic mass is 9.99. The highest BCUT2D eigenvalue weighted by Gasteiger charge is 2.47. The molecule has 2 aliphatic rings. The van der Waals surface area contributed by atoms with Gasteiger partial charge in [-0.2, -0.15) is 0 Å². The lowest BCUT2D eigenvalue weighted by molar-refractivity contribution is -0.120. The minimum absolute atomic E-state index is 0.0200. The number of carbonyl (C=O) groups is 1. The standard InChI is InChI=1S/C19H18Cl2N2O/c20-15-6-1-4-11(18(15)21)13-10-14(13)19(24)23-9-3-5-12-16(22)7-2-8-17(12)23/h1-2,4,6-8,13-14H,3,5,9-10,22H2. The molecule has 24 heavy (non-hydrogen) atoms. The summed E-state index contributed by atoms with van der Waals surface area (Å²) in [5, 5.41) is 1.12. The van der Waals surface area contributed by atoms with Crippen LogP contribution >= 0.6 is 23.2 Å². The molecular weight excluding hydrogens is 343 g/mol. The summed E-state index contributed by atoms with van der Waals surface area (Å²) >= 11 is 12.4. The second-order valence-corrected chi connectivity index (χ2v) is 7.32. The van der Waals surface area contributed by atoms with Crippen molar-refractivity contribution in [2.45, 2.75) is 25.2 Å². The first-order valence-corrected chi connectivity index (χ1v) is 8.96. The van der Waals surface area contributed by atoms with Gasteiger partial charge >= 0.3 is 0 Å². The summed E-state index contributed by atoms with van der Waals surface area (Å²) in [4.78, 5) is 14.9. The molecule has 0 aromatic heterocycles. The Morgan fingerprint density at radius 1 is 1.17 bits per heavy atom. The highest BCUT2D eigenvalue weighted by Crippen LogP contribution is 2.52. The monoisotopic (exact) mass is 360 g/mol. The van der Waals surface area contributed by atoms with E-state index in [2.05, 4.69) is 0 Å². The van der Waals surface area contributed by atoms with Crippen LogP contribution in [-0.4, -0.2) is 12.5 Å². The highest BCUT2D eigenvalue weighted by atomic mass is 35.5. The van der Waals surface area contributed by atoms with E-state index in [0.29, 0.717) is 10.0 Å². The number of halogens is 2. The van der Waals surface area contributed by atoms with Crippen LogP contribution in [0.25, 0.3) is 0 Å². The van der Waals surface area contributed by atoms with E-state index in [1.54, 1.807) is 6.07 Å². The van der Waals surface area contributed by atoms with Crippen molar-refractivity contribution in [2.75, 3.05) is 17.2 Å². The summed E-state index contributed by atoms with van der Waals surface area (Å²) < 4.78 is 0. The van der Waals surface area contributed by atoms with Gasteiger partial charge in [-0.3, -0.25) is 4.79 Å². The number of nitrogens with zero attached hydrogens (tertiary/aromatic N) is 1. The maximum absolute atomic E-state index is 13.0. The molecule has 1 amide bonds. The van der Waals surface area contributed by atoms with Crippen LogP contribution in [0.5, 0.6) is 0 Å². The molecule has 1 fully saturated rings. The summed E-state index contributed by atoms with van der Waals surface area (Å²) in [5.74, 6) is 0.311. The van der Waals surface area contributed by atoms with E-state index in [4.69, 9.17) is 28.9 Å². The third kappa shape index (κ3) is 2.56. The predicted molar refractivity (Wildman–Crippen MR) is 98.8 cm³/mol. The molecule has 1 heterocycles. The molecule has 1 aliphatic heterocycles. The molecule has 0 spiro atoms. The van der Waals surface area contributed by atoms with Gasteiger partial charge in [-0.25, -0.2) is 0 Å². The molecule has 0 bridgehead atoms. The van der Waals surface area contributed by atoms with Gasteiger partial charge in [0.05, 0.1) is 10.0 Å². The molecule has 0 radical (unpaired) electrons. The summed E-state index contributed by atoms with van der Waals surface area (Å²) in [6, 6.07) is 11.4. The Hall–Kier alpha value is -1.71. The average Bonchev–Trinajstić information content (AvgIpc) is 3.37. The molecule has 1 saturated carbocycles. The Balaban J connectivity index is 1.59. The second-order valence-electron chi connectivity index (χ2n) is 6.53. The number of benzene rings is 2. The Labute approximate surface area is 151 Å². The van der Waals surface area contributed by atoms with Crippen molar-refractivity contribution in [1.82, 2.24) is 0 Å². The van der Waals surface area contributed by atoms with Crippen molar-refractivity contribution in [2.24, 2.45) is 5.92 Å².